The van der Waals surface area contributed by atoms with Crippen molar-refractivity contribution in [2.75, 3.05) is 18.1 Å². The Hall–Kier alpha value is -2.08. The first-order valence-corrected chi connectivity index (χ1v) is 7.65. The van der Waals surface area contributed by atoms with E-state index in [1.165, 1.54) is 4.90 Å². The van der Waals surface area contributed by atoms with Gasteiger partial charge in [0, 0.05) is 6.54 Å². The van der Waals surface area contributed by atoms with Crippen molar-refractivity contribution in [2.45, 2.75) is 32.8 Å². The van der Waals surface area contributed by atoms with E-state index in [1.54, 1.807) is 20.8 Å². The highest BCUT2D eigenvalue weighted by Gasteiger charge is 2.37. The van der Waals surface area contributed by atoms with Crippen molar-refractivity contribution in [3.8, 4) is 0 Å². The van der Waals surface area contributed by atoms with Gasteiger partial charge in [-0.2, -0.15) is 0 Å². The molecule has 0 saturated carbocycles. The fourth-order valence-corrected chi connectivity index (χ4v) is 2.81. The van der Waals surface area contributed by atoms with Crippen LogP contribution in [0, 0.1) is 11.8 Å². The lowest BCUT2D eigenvalue weighted by Gasteiger charge is -2.37. The number of fused-ring (bicyclic) bond motifs is 1. The molecule has 1 amide bonds. The molecule has 0 aliphatic carbocycles. The number of hydrogen-bond donors (Lipinski definition) is 2. The number of carbonyl (C=O) groups is 2. The first-order valence-electron chi connectivity index (χ1n) is 7.65. The number of carbonyl (C=O) groups excluding carboxylic acids is 1. The van der Waals surface area contributed by atoms with E-state index < -0.39 is 30.2 Å². The molecule has 1 unspecified atom stereocenters. The highest BCUT2D eigenvalue weighted by Crippen LogP contribution is 2.33. The van der Waals surface area contributed by atoms with E-state index in [9.17, 15) is 19.8 Å². The summed E-state index contributed by atoms with van der Waals surface area (Å²) in [5, 5.41) is 18.7. The Bertz CT molecular complexity index is 593. The van der Waals surface area contributed by atoms with Gasteiger partial charge in [0.25, 0.3) is 0 Å². The Labute approximate surface area is 135 Å². The number of carboxylic acid groups (broad SMARTS) is 1. The summed E-state index contributed by atoms with van der Waals surface area (Å²) >= 11 is 0. The van der Waals surface area contributed by atoms with Crippen molar-refractivity contribution in [2.24, 2.45) is 11.8 Å². The molecule has 6 heteroatoms. The van der Waals surface area contributed by atoms with Gasteiger partial charge in [0.2, 0.25) is 0 Å². The molecule has 2 N–H and O–H groups in total. The van der Waals surface area contributed by atoms with Crippen LogP contribution in [0.1, 0.15) is 26.3 Å². The molecule has 0 bridgehead atoms. The average molecular weight is 321 g/mol. The van der Waals surface area contributed by atoms with Crippen molar-refractivity contribution in [3.63, 3.8) is 0 Å². The van der Waals surface area contributed by atoms with Crippen molar-refractivity contribution >= 4 is 17.7 Å². The van der Waals surface area contributed by atoms with Gasteiger partial charge in [0.1, 0.15) is 5.60 Å². The van der Waals surface area contributed by atoms with Crippen LogP contribution in [0.15, 0.2) is 24.3 Å². The van der Waals surface area contributed by atoms with Gasteiger partial charge >= 0.3 is 12.1 Å². The van der Waals surface area contributed by atoms with E-state index in [4.69, 9.17) is 4.74 Å². The molecule has 0 aromatic heterocycles. The quantitative estimate of drug-likeness (QED) is 0.892. The molecule has 0 fully saturated rings. The normalized spacial score (nSPS) is 19.0. The zero-order valence-corrected chi connectivity index (χ0v) is 13.7. The Morgan fingerprint density at radius 3 is 2.57 bits per heavy atom. The zero-order chi connectivity index (χ0) is 17.2. The topological polar surface area (TPSA) is 87.1 Å². The number of ether oxygens (including phenoxy) is 1. The molecule has 0 radical (unpaired) electrons. The number of anilines is 1. The summed E-state index contributed by atoms with van der Waals surface area (Å²) in [6.07, 6.45) is 0.00391. The van der Waals surface area contributed by atoms with Crippen molar-refractivity contribution in [1.29, 1.82) is 0 Å². The summed E-state index contributed by atoms with van der Waals surface area (Å²) in [7, 11) is 0. The molecule has 1 heterocycles. The second-order valence-electron chi connectivity index (χ2n) is 6.81. The van der Waals surface area contributed by atoms with Crippen LogP contribution >= 0.6 is 0 Å². The molecule has 1 aliphatic rings. The molecule has 1 aromatic rings. The van der Waals surface area contributed by atoms with Crippen LogP contribution in [-0.2, 0) is 16.0 Å². The molecule has 0 spiro atoms. The molecule has 126 valence electrons. The van der Waals surface area contributed by atoms with Gasteiger partial charge < -0.3 is 14.9 Å². The number of carboxylic acids is 1. The number of hydrogen-bond acceptors (Lipinski definition) is 4. The smallest absolute Gasteiger partial charge is 0.414 e. The fourth-order valence-electron chi connectivity index (χ4n) is 2.81. The first kappa shape index (κ1) is 17.3. The Morgan fingerprint density at radius 2 is 2.00 bits per heavy atom. The van der Waals surface area contributed by atoms with Gasteiger partial charge in [-0.3, -0.25) is 9.69 Å². The highest BCUT2D eigenvalue weighted by molar-refractivity contribution is 5.89. The van der Waals surface area contributed by atoms with Crippen LogP contribution in [0.4, 0.5) is 10.5 Å². The second kappa shape index (κ2) is 6.58. The molecule has 6 nitrogen and oxygen atoms in total. The molecule has 2 rings (SSSR count). The number of para-hydroxylation sites is 1. The maximum atomic E-state index is 12.5. The summed E-state index contributed by atoms with van der Waals surface area (Å²) in [6.45, 7) is 5.11. The number of aliphatic hydroxyl groups is 1. The highest BCUT2D eigenvalue weighted by atomic mass is 16.6. The maximum absolute atomic E-state index is 12.5. The average Bonchev–Trinajstić information content (AvgIpc) is 2.45. The zero-order valence-electron chi connectivity index (χ0n) is 13.7. The number of aliphatic carboxylic acids is 1. The predicted octanol–water partition coefficient (Wildman–Crippen LogP) is 2.29. The summed E-state index contributed by atoms with van der Waals surface area (Å²) in [5.74, 6) is -2.32. The van der Waals surface area contributed by atoms with E-state index in [-0.39, 0.29) is 12.5 Å². The number of rotatable bonds is 3. The van der Waals surface area contributed by atoms with Crippen LogP contribution in [0.3, 0.4) is 0 Å². The van der Waals surface area contributed by atoms with Gasteiger partial charge in [-0.25, -0.2) is 4.79 Å². The molecular formula is C17H23NO5. The third-order valence-corrected chi connectivity index (χ3v) is 3.88. The van der Waals surface area contributed by atoms with E-state index in [2.05, 4.69) is 0 Å². The van der Waals surface area contributed by atoms with Gasteiger partial charge in [-0.05, 0) is 44.7 Å². The Morgan fingerprint density at radius 1 is 1.35 bits per heavy atom. The van der Waals surface area contributed by atoms with Gasteiger partial charge in [-0.15, -0.1) is 0 Å². The maximum Gasteiger partial charge on any atom is 0.414 e. The predicted molar refractivity (Wildman–Crippen MR) is 85.4 cm³/mol. The monoisotopic (exact) mass is 321 g/mol. The summed E-state index contributed by atoms with van der Waals surface area (Å²) in [5.41, 5.74) is 0.983. The van der Waals surface area contributed by atoms with Crippen LogP contribution in [-0.4, -0.2) is 41.0 Å². The van der Waals surface area contributed by atoms with Crippen LogP contribution in [0.2, 0.25) is 0 Å². The van der Waals surface area contributed by atoms with Crippen LogP contribution in [0.25, 0.3) is 0 Å². The molecule has 1 aromatic carbocycles. The first-order chi connectivity index (χ1) is 10.7. The van der Waals surface area contributed by atoms with Gasteiger partial charge in [0.15, 0.2) is 0 Å². The van der Waals surface area contributed by atoms with Crippen LogP contribution < -0.4 is 4.90 Å². The van der Waals surface area contributed by atoms with Crippen molar-refractivity contribution in [1.82, 2.24) is 0 Å². The van der Waals surface area contributed by atoms with E-state index >= 15 is 0 Å². The Balaban J connectivity index is 2.33. The number of amides is 1. The molecule has 2 atom stereocenters. The molecule has 0 saturated heterocycles. The standard InChI is InChI=1S/C17H23NO5/c1-17(2,3)23-16(22)18-9-12(13(10-19)15(20)21)8-11-6-4-5-7-14(11)18/h4-7,12-13,19H,8-10H2,1-3H3,(H,20,21)/t12-,13?/m1/s1. The third kappa shape index (κ3) is 4.01. The van der Waals surface area contributed by atoms with E-state index in [0.717, 1.165) is 11.3 Å². The minimum absolute atomic E-state index is 0.212. The van der Waals surface area contributed by atoms with Gasteiger partial charge in [-0.1, -0.05) is 18.2 Å². The summed E-state index contributed by atoms with van der Waals surface area (Å²) in [6, 6.07) is 7.37. The van der Waals surface area contributed by atoms with Crippen molar-refractivity contribution < 1.29 is 24.5 Å². The SMILES string of the molecule is CC(C)(C)OC(=O)N1C[C@H](C(CO)C(=O)O)Cc2ccccc21. The van der Waals surface area contributed by atoms with Crippen LogP contribution in [0.5, 0.6) is 0 Å². The Kier molecular flexibility index (Phi) is 4.94. The molecular weight excluding hydrogens is 298 g/mol. The van der Waals surface area contributed by atoms with Crippen molar-refractivity contribution in [3.05, 3.63) is 29.8 Å². The number of benzene rings is 1. The lowest BCUT2D eigenvalue weighted by molar-refractivity contribution is -0.145. The number of nitrogens with zero attached hydrogens (tertiary/aromatic N) is 1. The third-order valence-electron chi connectivity index (χ3n) is 3.88. The van der Waals surface area contributed by atoms with Gasteiger partial charge in [0.05, 0.1) is 18.2 Å². The lowest BCUT2D eigenvalue weighted by atomic mass is 9.83. The lowest BCUT2D eigenvalue weighted by Crippen LogP contribution is -2.46. The minimum atomic E-state index is -1.05. The number of aliphatic hydroxyl groups excluding tert-OH is 1. The largest absolute Gasteiger partial charge is 0.481 e. The second-order valence-corrected chi connectivity index (χ2v) is 6.81. The summed E-state index contributed by atoms with van der Waals surface area (Å²) < 4.78 is 5.43. The van der Waals surface area contributed by atoms with E-state index in [1.807, 2.05) is 24.3 Å². The molecule has 1 aliphatic heterocycles. The molecule has 23 heavy (non-hydrogen) atoms. The summed E-state index contributed by atoms with van der Waals surface area (Å²) in [4.78, 5) is 25.3. The minimum Gasteiger partial charge on any atom is -0.481 e. The fraction of sp³-hybridized carbons (Fsp3) is 0.529. The van der Waals surface area contributed by atoms with E-state index in [0.29, 0.717) is 6.42 Å².